The summed E-state index contributed by atoms with van der Waals surface area (Å²) in [5, 5.41) is 5.49. The van der Waals surface area contributed by atoms with E-state index in [0.717, 1.165) is 16.3 Å². The molecule has 1 heterocycles. The summed E-state index contributed by atoms with van der Waals surface area (Å²) in [6.45, 7) is 4.06. The first-order valence-electron chi connectivity index (χ1n) is 7.72. The van der Waals surface area contributed by atoms with Crippen LogP contribution >= 0.6 is 11.3 Å². The highest BCUT2D eigenvalue weighted by Gasteiger charge is 2.10. The number of aryl methyl sites for hydroxylation is 2. The molecule has 0 bridgehead atoms. The standard InChI is InChI=1S/C19H17FN2O2S/c1-12-6-7-18(17(20)8-12)22-19(23)14-4-3-5-16(9-14)24-10-15-11-25-13(2)21-15/h3-9,11H,10H2,1-2H3,(H,22,23). The molecule has 3 aromatic rings. The van der Waals surface area contributed by atoms with E-state index in [-0.39, 0.29) is 5.69 Å². The van der Waals surface area contributed by atoms with Gasteiger partial charge in [0.05, 0.1) is 16.4 Å². The Morgan fingerprint density at radius 1 is 1.24 bits per heavy atom. The largest absolute Gasteiger partial charge is 0.487 e. The van der Waals surface area contributed by atoms with Gasteiger partial charge in [0, 0.05) is 10.9 Å². The number of amides is 1. The summed E-state index contributed by atoms with van der Waals surface area (Å²) in [5.41, 5.74) is 2.19. The van der Waals surface area contributed by atoms with E-state index in [9.17, 15) is 9.18 Å². The van der Waals surface area contributed by atoms with Gasteiger partial charge in [-0.3, -0.25) is 4.79 Å². The minimum atomic E-state index is -0.459. The van der Waals surface area contributed by atoms with Gasteiger partial charge in [-0.1, -0.05) is 12.1 Å². The molecule has 0 unspecified atom stereocenters. The molecule has 3 rings (SSSR count). The Kier molecular flexibility index (Phi) is 5.09. The lowest BCUT2D eigenvalue weighted by atomic mass is 10.1. The van der Waals surface area contributed by atoms with Crippen molar-refractivity contribution in [2.45, 2.75) is 20.5 Å². The molecular weight excluding hydrogens is 339 g/mol. The quantitative estimate of drug-likeness (QED) is 0.719. The number of anilines is 1. The van der Waals surface area contributed by atoms with E-state index in [1.54, 1.807) is 54.7 Å². The lowest BCUT2D eigenvalue weighted by Gasteiger charge is -2.09. The molecule has 25 heavy (non-hydrogen) atoms. The zero-order valence-electron chi connectivity index (χ0n) is 13.9. The normalized spacial score (nSPS) is 10.5. The average molecular weight is 356 g/mol. The van der Waals surface area contributed by atoms with Crippen molar-refractivity contribution in [2.24, 2.45) is 0 Å². The van der Waals surface area contributed by atoms with Crippen LogP contribution in [0, 0.1) is 19.7 Å². The van der Waals surface area contributed by atoms with Crippen molar-refractivity contribution in [3.05, 3.63) is 75.5 Å². The van der Waals surface area contributed by atoms with Gasteiger partial charge in [-0.2, -0.15) is 0 Å². The van der Waals surface area contributed by atoms with E-state index < -0.39 is 11.7 Å². The first kappa shape index (κ1) is 17.1. The number of nitrogens with one attached hydrogen (secondary N) is 1. The molecule has 0 aliphatic rings. The zero-order chi connectivity index (χ0) is 17.8. The maximum Gasteiger partial charge on any atom is 0.255 e. The second-order valence-corrected chi connectivity index (χ2v) is 6.67. The number of rotatable bonds is 5. The highest BCUT2D eigenvalue weighted by molar-refractivity contribution is 7.09. The molecule has 1 aromatic heterocycles. The van der Waals surface area contributed by atoms with Gasteiger partial charge in [-0.05, 0) is 49.7 Å². The molecule has 4 nitrogen and oxygen atoms in total. The molecule has 1 N–H and O–H groups in total. The Labute approximate surface area is 149 Å². The molecule has 6 heteroatoms. The number of aromatic nitrogens is 1. The fourth-order valence-corrected chi connectivity index (χ4v) is 2.87. The summed E-state index contributed by atoms with van der Waals surface area (Å²) in [6.07, 6.45) is 0. The third-order valence-electron chi connectivity index (χ3n) is 3.52. The van der Waals surface area contributed by atoms with Gasteiger partial charge in [0.2, 0.25) is 0 Å². The summed E-state index contributed by atoms with van der Waals surface area (Å²) in [4.78, 5) is 16.7. The molecule has 0 aliphatic heterocycles. The highest BCUT2D eigenvalue weighted by Crippen LogP contribution is 2.19. The third-order valence-corrected chi connectivity index (χ3v) is 4.34. The maximum absolute atomic E-state index is 13.9. The van der Waals surface area contributed by atoms with Crippen LogP contribution in [0.25, 0.3) is 0 Å². The number of carbonyl (C=O) groups is 1. The Balaban J connectivity index is 1.68. The van der Waals surface area contributed by atoms with Gasteiger partial charge in [-0.25, -0.2) is 9.37 Å². The second kappa shape index (κ2) is 7.44. The van der Waals surface area contributed by atoms with Crippen LogP contribution in [0.3, 0.4) is 0 Å². The van der Waals surface area contributed by atoms with Crippen LogP contribution in [0.1, 0.15) is 26.6 Å². The third kappa shape index (κ3) is 4.42. The minimum absolute atomic E-state index is 0.153. The van der Waals surface area contributed by atoms with Gasteiger partial charge in [-0.15, -0.1) is 11.3 Å². The van der Waals surface area contributed by atoms with E-state index in [0.29, 0.717) is 17.9 Å². The predicted octanol–water partition coefficient (Wildman–Crippen LogP) is 4.73. The number of thiazole rings is 1. The summed E-state index contributed by atoms with van der Waals surface area (Å²) in [5.74, 6) is -0.292. The van der Waals surface area contributed by atoms with Crippen LogP contribution in [0.2, 0.25) is 0 Å². The Bertz CT molecular complexity index is 908. The molecule has 0 radical (unpaired) electrons. The number of ether oxygens (including phenoxy) is 1. The van der Waals surface area contributed by atoms with Crippen LogP contribution in [0.5, 0.6) is 5.75 Å². The van der Waals surface area contributed by atoms with Gasteiger partial charge in [0.15, 0.2) is 0 Å². The van der Waals surface area contributed by atoms with Crippen LogP contribution in [0.15, 0.2) is 47.8 Å². The Morgan fingerprint density at radius 2 is 2.08 bits per heavy atom. The molecule has 1 amide bonds. The molecule has 0 spiro atoms. The lowest BCUT2D eigenvalue weighted by Crippen LogP contribution is -2.13. The molecule has 0 aliphatic carbocycles. The predicted molar refractivity (Wildman–Crippen MR) is 96.7 cm³/mol. The van der Waals surface area contributed by atoms with Gasteiger partial charge >= 0.3 is 0 Å². The van der Waals surface area contributed by atoms with Gasteiger partial charge in [0.1, 0.15) is 18.2 Å². The van der Waals surface area contributed by atoms with Gasteiger partial charge in [0.25, 0.3) is 5.91 Å². The first-order valence-corrected chi connectivity index (χ1v) is 8.60. The second-order valence-electron chi connectivity index (χ2n) is 5.61. The van der Waals surface area contributed by atoms with Crippen molar-refractivity contribution < 1.29 is 13.9 Å². The molecule has 0 atom stereocenters. The van der Waals surface area contributed by atoms with Crippen molar-refractivity contribution in [2.75, 3.05) is 5.32 Å². The molecule has 0 saturated carbocycles. The van der Waals surface area contributed by atoms with E-state index in [1.165, 1.54) is 6.07 Å². The molecule has 2 aromatic carbocycles. The van der Waals surface area contributed by atoms with Gasteiger partial charge < -0.3 is 10.1 Å². The highest BCUT2D eigenvalue weighted by atomic mass is 32.1. The summed E-state index contributed by atoms with van der Waals surface area (Å²) in [6, 6.07) is 11.4. The molecule has 0 saturated heterocycles. The van der Waals surface area contributed by atoms with E-state index in [4.69, 9.17) is 4.74 Å². The number of benzene rings is 2. The summed E-state index contributed by atoms with van der Waals surface area (Å²) < 4.78 is 19.5. The van der Waals surface area contributed by atoms with Crippen molar-refractivity contribution in [1.82, 2.24) is 4.98 Å². The number of carbonyl (C=O) groups excluding carboxylic acids is 1. The van der Waals surface area contributed by atoms with E-state index in [2.05, 4.69) is 10.3 Å². The topological polar surface area (TPSA) is 51.2 Å². The minimum Gasteiger partial charge on any atom is -0.487 e. The first-order chi connectivity index (χ1) is 12.0. The lowest BCUT2D eigenvalue weighted by molar-refractivity contribution is 0.102. The molecule has 128 valence electrons. The Hall–Kier alpha value is -2.73. The Morgan fingerprint density at radius 3 is 2.80 bits per heavy atom. The van der Waals surface area contributed by atoms with Crippen molar-refractivity contribution >= 4 is 22.9 Å². The van der Waals surface area contributed by atoms with Crippen molar-refractivity contribution in [3.8, 4) is 5.75 Å². The molecule has 0 fully saturated rings. The van der Waals surface area contributed by atoms with Crippen molar-refractivity contribution in [3.63, 3.8) is 0 Å². The smallest absolute Gasteiger partial charge is 0.255 e. The van der Waals surface area contributed by atoms with Crippen molar-refractivity contribution in [1.29, 1.82) is 0 Å². The van der Waals surface area contributed by atoms with Crippen LogP contribution in [-0.4, -0.2) is 10.9 Å². The molecular formula is C19H17FN2O2S. The fourth-order valence-electron chi connectivity index (χ4n) is 2.27. The number of hydrogen-bond donors (Lipinski definition) is 1. The van der Waals surface area contributed by atoms with Crippen LogP contribution in [-0.2, 0) is 6.61 Å². The zero-order valence-corrected chi connectivity index (χ0v) is 14.7. The van der Waals surface area contributed by atoms with E-state index >= 15 is 0 Å². The summed E-state index contributed by atoms with van der Waals surface area (Å²) in [7, 11) is 0. The van der Waals surface area contributed by atoms with Crippen LogP contribution < -0.4 is 10.1 Å². The van der Waals surface area contributed by atoms with Crippen LogP contribution in [0.4, 0.5) is 10.1 Å². The van der Waals surface area contributed by atoms with E-state index in [1.807, 2.05) is 12.3 Å². The summed E-state index contributed by atoms with van der Waals surface area (Å²) >= 11 is 1.56. The number of hydrogen-bond acceptors (Lipinski definition) is 4. The number of halogens is 1. The fraction of sp³-hybridized carbons (Fsp3) is 0.158. The number of nitrogens with zero attached hydrogens (tertiary/aromatic N) is 1. The monoisotopic (exact) mass is 356 g/mol. The SMILES string of the molecule is Cc1ccc(NC(=O)c2cccc(OCc3csc(C)n3)c2)c(F)c1. The average Bonchev–Trinajstić information content (AvgIpc) is 3.01. The maximum atomic E-state index is 13.9.